The van der Waals surface area contributed by atoms with E-state index in [9.17, 15) is 18.0 Å². The second-order valence-corrected chi connectivity index (χ2v) is 6.72. The number of methoxy groups -OCH3 is 3. The van der Waals surface area contributed by atoms with Crippen molar-refractivity contribution in [3.63, 3.8) is 0 Å². The smallest absolute Gasteiger partial charge is 0.416 e. The first-order chi connectivity index (χ1) is 15.3. The summed E-state index contributed by atoms with van der Waals surface area (Å²) < 4.78 is 54.6. The van der Waals surface area contributed by atoms with Crippen molar-refractivity contribution in [3.05, 3.63) is 71.4 Å². The maximum atomic E-state index is 12.9. The van der Waals surface area contributed by atoms with Gasteiger partial charge in [-0.1, -0.05) is 12.1 Å². The predicted octanol–water partition coefficient (Wildman–Crippen LogP) is 4.72. The second-order valence-electron chi connectivity index (χ2n) is 6.72. The molecule has 32 heavy (non-hydrogen) atoms. The van der Waals surface area contributed by atoms with Crippen LogP contribution in [0.15, 0.2) is 54.7 Å². The molecule has 168 valence electrons. The van der Waals surface area contributed by atoms with E-state index in [1.165, 1.54) is 33.5 Å². The van der Waals surface area contributed by atoms with Crippen LogP contribution >= 0.6 is 0 Å². The average molecular weight is 446 g/mol. The van der Waals surface area contributed by atoms with Crippen molar-refractivity contribution in [3.8, 4) is 28.5 Å². The maximum Gasteiger partial charge on any atom is 0.416 e. The molecule has 0 unspecified atom stereocenters. The maximum absolute atomic E-state index is 12.9. The molecule has 2 aromatic carbocycles. The van der Waals surface area contributed by atoms with E-state index in [0.717, 1.165) is 23.9 Å². The van der Waals surface area contributed by atoms with E-state index in [4.69, 9.17) is 14.2 Å². The van der Waals surface area contributed by atoms with E-state index in [1.807, 2.05) is 0 Å². The highest BCUT2D eigenvalue weighted by Crippen LogP contribution is 2.38. The van der Waals surface area contributed by atoms with Crippen LogP contribution in [0.3, 0.4) is 0 Å². The third-order valence-corrected chi connectivity index (χ3v) is 4.71. The van der Waals surface area contributed by atoms with E-state index in [0.29, 0.717) is 28.4 Å². The summed E-state index contributed by atoms with van der Waals surface area (Å²) in [4.78, 5) is 16.5. The van der Waals surface area contributed by atoms with Crippen molar-refractivity contribution < 1.29 is 32.2 Å². The number of aromatic nitrogens is 1. The number of alkyl halides is 3. The highest BCUT2D eigenvalue weighted by Gasteiger charge is 2.30. The number of carbonyl (C=O) groups excluding carboxylic acids is 1. The minimum absolute atomic E-state index is 0.171. The number of carbonyl (C=O) groups is 1. The first kappa shape index (κ1) is 22.9. The largest absolute Gasteiger partial charge is 0.493 e. The average Bonchev–Trinajstić information content (AvgIpc) is 2.81. The Morgan fingerprint density at radius 2 is 1.56 bits per heavy atom. The number of amides is 1. The van der Waals surface area contributed by atoms with Crippen LogP contribution in [0.5, 0.6) is 17.2 Å². The van der Waals surface area contributed by atoms with Gasteiger partial charge in [-0.3, -0.25) is 9.78 Å². The third-order valence-electron chi connectivity index (χ3n) is 4.71. The lowest BCUT2D eigenvalue weighted by Crippen LogP contribution is -2.22. The summed E-state index contributed by atoms with van der Waals surface area (Å²) in [5, 5.41) is 2.79. The van der Waals surface area contributed by atoms with Crippen LogP contribution in [0.4, 0.5) is 13.2 Å². The van der Waals surface area contributed by atoms with Crippen LogP contribution in [0.25, 0.3) is 11.3 Å². The number of nitrogens with zero attached hydrogens (tertiary/aromatic N) is 1. The molecule has 0 saturated carbocycles. The summed E-state index contributed by atoms with van der Waals surface area (Å²) in [5.74, 6) is 1.04. The van der Waals surface area contributed by atoms with Gasteiger partial charge in [-0.25, -0.2) is 0 Å². The van der Waals surface area contributed by atoms with Crippen molar-refractivity contribution >= 4 is 5.91 Å². The summed E-state index contributed by atoms with van der Waals surface area (Å²) in [5.41, 5.74) is 0.946. The van der Waals surface area contributed by atoms with Gasteiger partial charge in [0.2, 0.25) is 5.75 Å². The Balaban J connectivity index is 1.72. The van der Waals surface area contributed by atoms with Gasteiger partial charge in [-0.2, -0.15) is 13.2 Å². The minimum Gasteiger partial charge on any atom is -0.493 e. The molecule has 0 fully saturated rings. The molecule has 1 amide bonds. The molecular weight excluding hydrogens is 425 g/mol. The standard InChI is InChI=1S/C23H21F3N2O4/c1-30-19-10-14(11-20(31-2)21(19)32-3)13-28-22(29)16-6-4-15(5-7-16)18-12-17(8-9-27-18)23(24,25)26/h4-12H,13H2,1-3H3,(H,28,29). The molecule has 1 heterocycles. The van der Waals surface area contributed by atoms with Gasteiger partial charge in [0.15, 0.2) is 11.5 Å². The van der Waals surface area contributed by atoms with E-state index in [1.54, 1.807) is 24.3 Å². The quantitative estimate of drug-likeness (QED) is 0.569. The molecule has 0 bridgehead atoms. The van der Waals surface area contributed by atoms with Crippen molar-refractivity contribution in [1.29, 1.82) is 0 Å². The Bertz CT molecular complexity index is 1070. The van der Waals surface area contributed by atoms with Gasteiger partial charge in [0, 0.05) is 23.9 Å². The minimum atomic E-state index is -4.45. The topological polar surface area (TPSA) is 69.7 Å². The van der Waals surface area contributed by atoms with Crippen molar-refractivity contribution in [2.45, 2.75) is 12.7 Å². The number of benzene rings is 2. The molecule has 0 aliphatic rings. The fourth-order valence-electron chi connectivity index (χ4n) is 3.08. The summed E-state index contributed by atoms with van der Waals surface area (Å²) in [6.45, 7) is 0.201. The Kier molecular flexibility index (Phi) is 6.87. The molecule has 1 aromatic heterocycles. The Morgan fingerprint density at radius 3 is 2.09 bits per heavy atom. The molecule has 0 aliphatic carbocycles. The molecule has 0 saturated heterocycles. The molecule has 0 spiro atoms. The summed E-state index contributed by atoms with van der Waals surface area (Å²) in [6, 6.07) is 11.5. The lowest BCUT2D eigenvalue weighted by Gasteiger charge is -2.14. The number of nitrogens with one attached hydrogen (secondary N) is 1. The summed E-state index contributed by atoms with van der Waals surface area (Å²) >= 11 is 0. The Morgan fingerprint density at radius 1 is 0.938 bits per heavy atom. The van der Waals surface area contributed by atoms with Crippen LogP contribution in [0, 0.1) is 0 Å². The van der Waals surface area contributed by atoms with Crippen molar-refractivity contribution in [2.24, 2.45) is 0 Å². The van der Waals surface area contributed by atoms with Crippen molar-refractivity contribution in [2.75, 3.05) is 21.3 Å². The van der Waals surface area contributed by atoms with E-state index in [2.05, 4.69) is 10.3 Å². The Labute approximate surface area is 183 Å². The molecule has 3 aromatic rings. The van der Waals surface area contributed by atoms with Gasteiger partial charge in [-0.15, -0.1) is 0 Å². The van der Waals surface area contributed by atoms with Crippen LogP contribution in [-0.2, 0) is 12.7 Å². The predicted molar refractivity (Wildman–Crippen MR) is 112 cm³/mol. The van der Waals surface area contributed by atoms with Crippen LogP contribution in [0.2, 0.25) is 0 Å². The number of halogens is 3. The highest BCUT2D eigenvalue weighted by molar-refractivity contribution is 5.94. The van der Waals surface area contributed by atoms with Gasteiger partial charge >= 0.3 is 6.18 Å². The SMILES string of the molecule is COc1cc(CNC(=O)c2ccc(-c3cc(C(F)(F)F)ccn3)cc2)cc(OC)c1OC. The molecule has 1 N–H and O–H groups in total. The van der Waals surface area contributed by atoms with Crippen molar-refractivity contribution in [1.82, 2.24) is 10.3 Å². The van der Waals surface area contributed by atoms with Gasteiger partial charge in [0.1, 0.15) is 0 Å². The van der Waals surface area contributed by atoms with Gasteiger partial charge in [0.05, 0.1) is 32.6 Å². The number of ether oxygens (including phenoxy) is 3. The summed E-state index contributed by atoms with van der Waals surface area (Å²) in [7, 11) is 4.50. The number of hydrogen-bond acceptors (Lipinski definition) is 5. The fraction of sp³-hybridized carbons (Fsp3) is 0.217. The monoisotopic (exact) mass is 446 g/mol. The van der Waals surface area contributed by atoms with Gasteiger partial charge in [0.25, 0.3) is 5.91 Å². The van der Waals surface area contributed by atoms with Crippen LogP contribution in [-0.4, -0.2) is 32.2 Å². The summed E-state index contributed by atoms with van der Waals surface area (Å²) in [6.07, 6.45) is -3.35. The van der Waals surface area contributed by atoms with Gasteiger partial charge in [-0.05, 0) is 42.0 Å². The van der Waals surface area contributed by atoms with E-state index in [-0.39, 0.29) is 18.1 Å². The normalized spacial score (nSPS) is 11.1. The molecule has 0 atom stereocenters. The zero-order valence-corrected chi connectivity index (χ0v) is 17.6. The molecule has 3 rings (SSSR count). The van der Waals surface area contributed by atoms with Crippen LogP contribution in [0.1, 0.15) is 21.5 Å². The number of hydrogen-bond donors (Lipinski definition) is 1. The number of pyridine rings is 1. The molecule has 9 heteroatoms. The first-order valence-electron chi connectivity index (χ1n) is 9.47. The van der Waals surface area contributed by atoms with E-state index >= 15 is 0 Å². The zero-order chi connectivity index (χ0) is 23.3. The molecule has 6 nitrogen and oxygen atoms in total. The number of rotatable bonds is 7. The van der Waals surface area contributed by atoms with E-state index < -0.39 is 11.7 Å². The second kappa shape index (κ2) is 9.59. The fourth-order valence-corrected chi connectivity index (χ4v) is 3.08. The lowest BCUT2D eigenvalue weighted by atomic mass is 10.1. The Hall–Kier alpha value is -3.75. The lowest BCUT2D eigenvalue weighted by molar-refractivity contribution is -0.137. The molecule has 0 radical (unpaired) electrons. The molecule has 0 aliphatic heterocycles. The third kappa shape index (κ3) is 5.11. The molecular formula is C23H21F3N2O4. The highest BCUT2D eigenvalue weighted by atomic mass is 19.4. The zero-order valence-electron chi connectivity index (χ0n) is 17.6. The van der Waals surface area contributed by atoms with Gasteiger partial charge < -0.3 is 19.5 Å². The van der Waals surface area contributed by atoms with Crippen LogP contribution < -0.4 is 19.5 Å². The first-order valence-corrected chi connectivity index (χ1v) is 9.47.